The zero-order valence-electron chi connectivity index (χ0n) is 6.02. The van der Waals surface area contributed by atoms with Crippen molar-refractivity contribution in [1.29, 1.82) is 0 Å². The fourth-order valence-electron chi connectivity index (χ4n) is 1.25. The number of nitrogens with zero attached hydrogens (tertiary/aromatic N) is 1. The maximum Gasteiger partial charge on any atom is 0.0336 e. The third-order valence-corrected chi connectivity index (χ3v) is 1.82. The second-order valence-corrected chi connectivity index (χ2v) is 3.34. The van der Waals surface area contributed by atoms with Crippen molar-refractivity contribution in [3.63, 3.8) is 0 Å². The highest BCUT2D eigenvalue weighted by Crippen LogP contribution is 2.09. The molecule has 1 aliphatic rings. The summed E-state index contributed by atoms with van der Waals surface area (Å²) in [7, 11) is 0. The molecule has 0 saturated carbocycles. The number of likely N-dealkylation sites (tertiary alicyclic amines) is 1. The maximum atomic E-state index is 5.69. The van der Waals surface area contributed by atoms with Crippen LogP contribution in [-0.4, -0.2) is 30.6 Å². The minimum absolute atomic E-state index is 0.344. The summed E-state index contributed by atoms with van der Waals surface area (Å²) in [5.41, 5.74) is 5.69. The monoisotopic (exact) mass is 160 g/mol. The normalized spacial score (nSPS) is 27.2. The Labute approximate surface area is 66.6 Å². The average Bonchev–Trinajstić information content (AvgIpc) is 2.13. The van der Waals surface area contributed by atoms with Gasteiger partial charge in [0.05, 0.1) is 0 Å². The Kier molecular flexibility index (Phi) is 2.72. The molecule has 0 aliphatic carbocycles. The number of rotatable bonds is 2. The fraction of sp³-hybridized carbons (Fsp3) is 0.714. The van der Waals surface area contributed by atoms with E-state index in [1.807, 2.05) is 0 Å². The summed E-state index contributed by atoms with van der Waals surface area (Å²) in [6, 6.07) is 0.344. The molecule has 0 aromatic carbocycles. The first kappa shape index (κ1) is 8.05. The van der Waals surface area contributed by atoms with Crippen molar-refractivity contribution in [2.24, 2.45) is 5.73 Å². The standard InChI is InChI=1S/C7H13ClN2/c1-6(8)4-10-3-2-7(9)5-10/h7H,1-5,9H2/t7-/m0/s1. The zero-order chi connectivity index (χ0) is 7.56. The molecule has 1 saturated heterocycles. The van der Waals surface area contributed by atoms with Gasteiger partial charge in [0.15, 0.2) is 0 Å². The highest BCUT2D eigenvalue weighted by atomic mass is 35.5. The topological polar surface area (TPSA) is 29.3 Å². The molecule has 1 aliphatic heterocycles. The van der Waals surface area contributed by atoms with Gasteiger partial charge in [0.1, 0.15) is 0 Å². The minimum atomic E-state index is 0.344. The van der Waals surface area contributed by atoms with E-state index in [0.29, 0.717) is 11.1 Å². The molecule has 1 heterocycles. The second-order valence-electron chi connectivity index (χ2n) is 2.80. The van der Waals surface area contributed by atoms with Gasteiger partial charge in [-0.15, -0.1) is 0 Å². The molecule has 58 valence electrons. The summed E-state index contributed by atoms with van der Waals surface area (Å²) >= 11 is 5.63. The fourth-order valence-corrected chi connectivity index (χ4v) is 1.42. The maximum absolute atomic E-state index is 5.69. The lowest BCUT2D eigenvalue weighted by molar-refractivity contribution is 0.369. The van der Waals surface area contributed by atoms with Gasteiger partial charge >= 0.3 is 0 Å². The summed E-state index contributed by atoms with van der Waals surface area (Å²) in [6.07, 6.45) is 1.09. The molecule has 2 N–H and O–H groups in total. The van der Waals surface area contributed by atoms with Gasteiger partial charge in [-0.1, -0.05) is 18.2 Å². The van der Waals surface area contributed by atoms with E-state index in [4.69, 9.17) is 17.3 Å². The first-order chi connectivity index (χ1) is 4.68. The third-order valence-electron chi connectivity index (χ3n) is 1.70. The van der Waals surface area contributed by atoms with Crippen LogP contribution in [0, 0.1) is 0 Å². The van der Waals surface area contributed by atoms with E-state index in [0.717, 1.165) is 26.1 Å². The zero-order valence-corrected chi connectivity index (χ0v) is 6.77. The third kappa shape index (κ3) is 2.29. The molecule has 1 fully saturated rings. The van der Waals surface area contributed by atoms with Crippen LogP contribution >= 0.6 is 11.6 Å². The van der Waals surface area contributed by atoms with Crippen LogP contribution in [0.15, 0.2) is 11.6 Å². The van der Waals surface area contributed by atoms with Gasteiger partial charge in [-0.3, -0.25) is 4.90 Å². The predicted octanol–water partition coefficient (Wildman–Crippen LogP) is 0.772. The summed E-state index contributed by atoms with van der Waals surface area (Å²) < 4.78 is 0. The van der Waals surface area contributed by atoms with Gasteiger partial charge in [0.2, 0.25) is 0 Å². The Balaban J connectivity index is 2.24. The van der Waals surface area contributed by atoms with Crippen molar-refractivity contribution in [3.05, 3.63) is 11.6 Å². The molecule has 0 aromatic rings. The molecule has 0 bridgehead atoms. The Bertz CT molecular complexity index is 136. The van der Waals surface area contributed by atoms with Crippen molar-refractivity contribution >= 4 is 11.6 Å². The molecule has 0 unspecified atom stereocenters. The van der Waals surface area contributed by atoms with E-state index in [2.05, 4.69) is 11.5 Å². The van der Waals surface area contributed by atoms with Crippen LogP contribution < -0.4 is 5.73 Å². The van der Waals surface area contributed by atoms with Gasteiger partial charge in [-0.05, 0) is 6.42 Å². The van der Waals surface area contributed by atoms with Crippen molar-refractivity contribution in [2.45, 2.75) is 12.5 Å². The molecular weight excluding hydrogens is 148 g/mol. The van der Waals surface area contributed by atoms with Crippen LogP contribution in [0.4, 0.5) is 0 Å². The van der Waals surface area contributed by atoms with E-state index >= 15 is 0 Å². The second kappa shape index (κ2) is 3.37. The van der Waals surface area contributed by atoms with Crippen molar-refractivity contribution in [2.75, 3.05) is 19.6 Å². The molecule has 0 spiro atoms. The van der Waals surface area contributed by atoms with Gasteiger partial charge in [-0.2, -0.15) is 0 Å². The Morgan fingerprint density at radius 1 is 1.80 bits per heavy atom. The van der Waals surface area contributed by atoms with Crippen LogP contribution in [0.25, 0.3) is 0 Å². The average molecular weight is 161 g/mol. The number of halogens is 1. The largest absolute Gasteiger partial charge is 0.326 e. The van der Waals surface area contributed by atoms with Crippen molar-refractivity contribution in [3.8, 4) is 0 Å². The molecule has 3 heteroatoms. The molecule has 10 heavy (non-hydrogen) atoms. The highest BCUT2D eigenvalue weighted by Gasteiger charge is 2.18. The van der Waals surface area contributed by atoms with Crippen LogP contribution in [0.1, 0.15) is 6.42 Å². The van der Waals surface area contributed by atoms with Gasteiger partial charge in [0, 0.05) is 30.7 Å². The van der Waals surface area contributed by atoms with Crippen LogP contribution in [-0.2, 0) is 0 Å². The van der Waals surface area contributed by atoms with Gasteiger partial charge < -0.3 is 5.73 Å². The lowest BCUT2D eigenvalue weighted by Crippen LogP contribution is -2.27. The molecular formula is C7H13ClN2. The summed E-state index contributed by atoms with van der Waals surface area (Å²) in [5, 5.41) is 0.703. The van der Waals surface area contributed by atoms with Crippen molar-refractivity contribution in [1.82, 2.24) is 4.90 Å². The number of nitrogens with two attached hydrogens (primary N) is 1. The quantitative estimate of drug-likeness (QED) is 0.647. The first-order valence-corrected chi connectivity index (χ1v) is 3.87. The number of hydrogen-bond donors (Lipinski definition) is 1. The van der Waals surface area contributed by atoms with Gasteiger partial charge in [-0.25, -0.2) is 0 Å². The van der Waals surface area contributed by atoms with E-state index in [9.17, 15) is 0 Å². The summed E-state index contributed by atoms with van der Waals surface area (Å²) in [5.74, 6) is 0. The van der Waals surface area contributed by atoms with E-state index < -0.39 is 0 Å². The smallest absolute Gasteiger partial charge is 0.0336 e. The summed E-state index contributed by atoms with van der Waals surface area (Å²) in [4.78, 5) is 2.22. The predicted molar refractivity (Wildman–Crippen MR) is 44.0 cm³/mol. The van der Waals surface area contributed by atoms with Gasteiger partial charge in [0.25, 0.3) is 0 Å². The molecule has 2 nitrogen and oxygen atoms in total. The molecule has 0 radical (unpaired) electrons. The van der Waals surface area contributed by atoms with Crippen LogP contribution in [0.2, 0.25) is 0 Å². The SMILES string of the molecule is C=C(Cl)CN1CC[C@H](N)C1. The first-order valence-electron chi connectivity index (χ1n) is 3.49. The van der Waals surface area contributed by atoms with E-state index in [1.165, 1.54) is 0 Å². The Morgan fingerprint density at radius 3 is 2.90 bits per heavy atom. The lowest BCUT2D eigenvalue weighted by Gasteiger charge is -2.12. The minimum Gasteiger partial charge on any atom is -0.326 e. The van der Waals surface area contributed by atoms with Crippen LogP contribution in [0.5, 0.6) is 0 Å². The molecule has 1 rings (SSSR count). The Hall–Kier alpha value is -0.0500. The van der Waals surface area contributed by atoms with Crippen molar-refractivity contribution < 1.29 is 0 Å². The van der Waals surface area contributed by atoms with Crippen LogP contribution in [0.3, 0.4) is 0 Å². The van der Waals surface area contributed by atoms with E-state index in [1.54, 1.807) is 0 Å². The highest BCUT2D eigenvalue weighted by molar-refractivity contribution is 6.29. The van der Waals surface area contributed by atoms with E-state index in [-0.39, 0.29) is 0 Å². The summed E-state index contributed by atoms with van der Waals surface area (Å²) in [6.45, 7) is 6.44. The Morgan fingerprint density at radius 2 is 2.50 bits per heavy atom. The lowest BCUT2D eigenvalue weighted by atomic mass is 10.3. The molecule has 1 atom stereocenters. The molecule has 0 aromatic heterocycles. The number of hydrogen-bond acceptors (Lipinski definition) is 2. The molecule has 0 amide bonds.